The van der Waals surface area contributed by atoms with E-state index in [1.165, 1.54) is 0 Å². The Balaban J connectivity index is 2.33. The van der Waals surface area contributed by atoms with Crippen LogP contribution in [-0.2, 0) is 4.79 Å². The number of fused-ring (bicyclic) bond motifs is 1. The lowest BCUT2D eigenvalue weighted by atomic mass is 10.2. The second kappa shape index (κ2) is 2.76. The lowest BCUT2D eigenvalue weighted by Crippen LogP contribution is -2.36. The Morgan fingerprint density at radius 1 is 1.62 bits per heavy atom. The zero-order valence-corrected chi connectivity index (χ0v) is 7.74. The predicted octanol–water partition coefficient (Wildman–Crippen LogP) is 1.12. The molecule has 1 unspecified atom stereocenters. The molecule has 68 valence electrons. The van der Waals surface area contributed by atoms with Crippen molar-refractivity contribution in [2.45, 2.75) is 20.0 Å². The van der Waals surface area contributed by atoms with Gasteiger partial charge in [-0.2, -0.15) is 0 Å². The minimum Gasteiger partial charge on any atom is -0.366 e. The van der Waals surface area contributed by atoms with Crippen LogP contribution in [0, 0.1) is 0 Å². The highest BCUT2D eigenvalue weighted by Crippen LogP contribution is 2.24. The Kier molecular flexibility index (Phi) is 1.72. The number of nitrogens with one attached hydrogen (secondary N) is 1. The molecule has 0 fully saturated rings. The molecule has 0 aliphatic carbocycles. The number of hydrogen-bond acceptors (Lipinski definition) is 3. The number of rotatable bonds is 1. The smallest absolute Gasteiger partial charge is 0.177 e. The zero-order valence-electron chi connectivity index (χ0n) is 7.74. The van der Waals surface area contributed by atoms with Gasteiger partial charge in [-0.05, 0) is 19.1 Å². The lowest BCUT2D eigenvalue weighted by Gasteiger charge is -2.28. The first-order chi connectivity index (χ1) is 6.20. The first-order valence-electron chi connectivity index (χ1n) is 4.31. The Morgan fingerprint density at radius 3 is 3.08 bits per heavy atom. The zero-order chi connectivity index (χ0) is 9.42. The number of hydrogen-bond donors (Lipinski definition) is 1. The maximum absolute atomic E-state index is 11.2. The van der Waals surface area contributed by atoms with Gasteiger partial charge < -0.3 is 10.2 Å². The van der Waals surface area contributed by atoms with Gasteiger partial charge in [-0.3, -0.25) is 4.79 Å². The van der Waals surface area contributed by atoms with Crippen molar-refractivity contribution in [1.29, 1.82) is 0 Å². The topological polar surface area (TPSA) is 32.3 Å². The summed E-state index contributed by atoms with van der Waals surface area (Å²) in [6.45, 7) is 3.59. The van der Waals surface area contributed by atoms with Crippen LogP contribution in [0.2, 0.25) is 0 Å². The van der Waals surface area contributed by atoms with Gasteiger partial charge in [-0.25, -0.2) is 0 Å². The van der Waals surface area contributed by atoms with Crippen molar-refractivity contribution >= 4 is 5.78 Å². The predicted molar refractivity (Wildman–Crippen MR) is 50.4 cm³/mol. The molecule has 13 heavy (non-hydrogen) atoms. The van der Waals surface area contributed by atoms with Crippen molar-refractivity contribution in [3.8, 4) is 0 Å². The molecule has 1 atom stereocenters. The summed E-state index contributed by atoms with van der Waals surface area (Å²) in [6.07, 6.45) is 7.93. The van der Waals surface area contributed by atoms with Crippen molar-refractivity contribution in [3.63, 3.8) is 0 Å². The van der Waals surface area contributed by atoms with Gasteiger partial charge in [-0.1, -0.05) is 6.08 Å². The minimum absolute atomic E-state index is 0.0954. The summed E-state index contributed by atoms with van der Waals surface area (Å²) in [6, 6.07) is 0. The molecule has 0 saturated heterocycles. The molecule has 3 heteroatoms. The number of nitrogens with zero attached hydrogens (tertiary/aromatic N) is 1. The summed E-state index contributed by atoms with van der Waals surface area (Å²) in [5.41, 5.74) is 1.84. The van der Waals surface area contributed by atoms with Crippen molar-refractivity contribution in [3.05, 3.63) is 35.8 Å². The fourth-order valence-corrected chi connectivity index (χ4v) is 1.66. The van der Waals surface area contributed by atoms with E-state index in [2.05, 4.69) is 5.32 Å². The molecule has 2 heterocycles. The van der Waals surface area contributed by atoms with Crippen LogP contribution in [-0.4, -0.2) is 16.8 Å². The summed E-state index contributed by atoms with van der Waals surface area (Å²) in [5, 5.41) is 3.14. The van der Waals surface area contributed by atoms with E-state index in [1.807, 2.05) is 30.1 Å². The molecule has 2 aliphatic rings. The molecule has 0 aromatic carbocycles. The molecular weight excluding hydrogens is 164 g/mol. The van der Waals surface area contributed by atoms with Crippen LogP contribution in [0.1, 0.15) is 13.8 Å². The van der Waals surface area contributed by atoms with E-state index >= 15 is 0 Å². The summed E-state index contributed by atoms with van der Waals surface area (Å²) in [4.78, 5) is 13.2. The molecule has 0 spiro atoms. The van der Waals surface area contributed by atoms with Crippen LogP contribution in [0.15, 0.2) is 35.8 Å². The molecule has 3 nitrogen and oxygen atoms in total. The SMILES string of the molecule is CC(=O)C1=CNC2C=CC=C(C)N12. The maximum Gasteiger partial charge on any atom is 0.177 e. The fourth-order valence-electron chi connectivity index (χ4n) is 1.66. The van der Waals surface area contributed by atoms with Crippen molar-refractivity contribution in [2.24, 2.45) is 0 Å². The molecular formula is C10H12N2O. The Labute approximate surface area is 77.4 Å². The van der Waals surface area contributed by atoms with Crippen LogP contribution in [0.5, 0.6) is 0 Å². The maximum atomic E-state index is 11.2. The van der Waals surface area contributed by atoms with Crippen LogP contribution in [0.3, 0.4) is 0 Å². The average molecular weight is 176 g/mol. The summed E-state index contributed by atoms with van der Waals surface area (Å²) in [5.74, 6) is 0.0954. The highest BCUT2D eigenvalue weighted by Gasteiger charge is 2.28. The van der Waals surface area contributed by atoms with E-state index < -0.39 is 0 Å². The first kappa shape index (κ1) is 8.10. The minimum atomic E-state index is 0.0954. The second-order valence-electron chi connectivity index (χ2n) is 3.26. The monoisotopic (exact) mass is 176 g/mol. The molecule has 0 amide bonds. The van der Waals surface area contributed by atoms with E-state index in [-0.39, 0.29) is 11.9 Å². The third-order valence-electron chi connectivity index (χ3n) is 2.30. The highest BCUT2D eigenvalue weighted by atomic mass is 16.1. The third kappa shape index (κ3) is 1.16. The van der Waals surface area contributed by atoms with Crippen LogP contribution < -0.4 is 5.32 Å². The largest absolute Gasteiger partial charge is 0.366 e. The third-order valence-corrected chi connectivity index (χ3v) is 2.30. The molecule has 0 radical (unpaired) electrons. The molecule has 0 saturated carbocycles. The van der Waals surface area contributed by atoms with Gasteiger partial charge in [0.2, 0.25) is 0 Å². The Hall–Kier alpha value is -1.51. The molecule has 2 aliphatic heterocycles. The number of carbonyl (C=O) groups excluding carboxylic acids is 1. The van der Waals surface area contributed by atoms with Crippen LogP contribution in [0.25, 0.3) is 0 Å². The van der Waals surface area contributed by atoms with Crippen molar-refractivity contribution in [2.75, 3.05) is 0 Å². The fraction of sp³-hybridized carbons (Fsp3) is 0.300. The van der Waals surface area contributed by atoms with Gasteiger partial charge in [0.25, 0.3) is 0 Å². The normalized spacial score (nSPS) is 24.8. The summed E-state index contributed by atoms with van der Waals surface area (Å²) in [7, 11) is 0. The molecule has 0 bridgehead atoms. The van der Waals surface area contributed by atoms with Gasteiger partial charge >= 0.3 is 0 Å². The first-order valence-corrected chi connectivity index (χ1v) is 4.31. The van der Waals surface area contributed by atoms with E-state index in [9.17, 15) is 4.79 Å². The molecule has 1 N–H and O–H groups in total. The quantitative estimate of drug-likeness (QED) is 0.649. The Bertz CT molecular complexity index is 339. The van der Waals surface area contributed by atoms with E-state index in [4.69, 9.17) is 0 Å². The van der Waals surface area contributed by atoms with Gasteiger partial charge in [0, 0.05) is 18.8 Å². The van der Waals surface area contributed by atoms with E-state index in [0.29, 0.717) is 0 Å². The van der Waals surface area contributed by atoms with Crippen LogP contribution >= 0.6 is 0 Å². The Morgan fingerprint density at radius 2 is 2.38 bits per heavy atom. The van der Waals surface area contributed by atoms with Crippen LogP contribution in [0.4, 0.5) is 0 Å². The number of ketones is 1. The molecule has 0 aromatic rings. The van der Waals surface area contributed by atoms with Gasteiger partial charge in [0.05, 0.1) is 0 Å². The second-order valence-corrected chi connectivity index (χ2v) is 3.26. The van der Waals surface area contributed by atoms with Gasteiger partial charge in [0.1, 0.15) is 11.9 Å². The van der Waals surface area contributed by atoms with Gasteiger partial charge in [0.15, 0.2) is 5.78 Å². The summed E-state index contributed by atoms with van der Waals surface area (Å²) < 4.78 is 0. The highest BCUT2D eigenvalue weighted by molar-refractivity contribution is 5.93. The number of allylic oxidation sites excluding steroid dienone is 4. The molecule has 2 rings (SSSR count). The van der Waals surface area contributed by atoms with E-state index in [0.717, 1.165) is 11.4 Å². The average Bonchev–Trinajstić information content (AvgIpc) is 2.49. The lowest BCUT2D eigenvalue weighted by molar-refractivity contribution is -0.114. The van der Waals surface area contributed by atoms with Crippen molar-refractivity contribution in [1.82, 2.24) is 10.2 Å². The van der Waals surface area contributed by atoms with Gasteiger partial charge in [-0.15, -0.1) is 0 Å². The standard InChI is InChI=1S/C10H12N2O/c1-7-4-3-5-10-11-6-9(8(2)13)12(7)10/h3-6,10-11H,1-2H3. The van der Waals surface area contributed by atoms with E-state index in [1.54, 1.807) is 13.1 Å². The number of carbonyl (C=O) groups is 1. The number of Topliss-reactive ketones (excluding diaryl/α,β-unsaturated/α-hetero) is 1. The summed E-state index contributed by atoms with van der Waals surface area (Å²) >= 11 is 0. The van der Waals surface area contributed by atoms with Crippen molar-refractivity contribution < 1.29 is 4.79 Å². The molecule has 0 aromatic heterocycles.